The number of carbonyl (C=O) groups is 3. The Balaban J connectivity index is 2.33. The summed E-state index contributed by atoms with van der Waals surface area (Å²) in [7, 11) is 2.48. The molecule has 0 aliphatic carbocycles. The van der Waals surface area contributed by atoms with Crippen LogP contribution in [0.25, 0.3) is 0 Å². The average Bonchev–Trinajstić information content (AvgIpc) is 3.05. The second-order valence-corrected chi connectivity index (χ2v) is 6.90. The van der Waals surface area contributed by atoms with Crippen LogP contribution >= 0.6 is 0 Å². The van der Waals surface area contributed by atoms with Gasteiger partial charge in [0.25, 0.3) is 0 Å². The minimum atomic E-state index is -1.75. The van der Waals surface area contributed by atoms with E-state index in [-0.39, 0.29) is 5.57 Å². The summed E-state index contributed by atoms with van der Waals surface area (Å²) in [6.45, 7) is 1.63. The van der Waals surface area contributed by atoms with Crippen molar-refractivity contribution < 1.29 is 23.9 Å². The molecule has 0 radical (unpaired) electrons. The fourth-order valence-corrected chi connectivity index (χ4v) is 4.39. The lowest BCUT2D eigenvalue weighted by Gasteiger charge is -2.35. The molecule has 1 fully saturated rings. The highest BCUT2D eigenvalue weighted by Gasteiger charge is 2.66. The highest BCUT2D eigenvalue weighted by molar-refractivity contribution is 5.95. The summed E-state index contributed by atoms with van der Waals surface area (Å²) in [5.74, 6) is -2.99. The number of primary amides is 1. The predicted molar refractivity (Wildman–Crippen MR) is 102 cm³/mol. The van der Waals surface area contributed by atoms with Crippen LogP contribution in [0.2, 0.25) is 0 Å². The van der Waals surface area contributed by atoms with Crippen LogP contribution < -0.4 is 5.73 Å². The number of benzene rings is 1. The predicted octanol–water partition coefficient (Wildman–Crippen LogP) is 1.01. The maximum Gasteiger partial charge on any atom is 0.339 e. The summed E-state index contributed by atoms with van der Waals surface area (Å²) in [5.41, 5.74) is 5.24. The molecule has 29 heavy (non-hydrogen) atoms. The van der Waals surface area contributed by atoms with Gasteiger partial charge in [0, 0.05) is 11.6 Å². The Morgan fingerprint density at radius 1 is 1.17 bits per heavy atom. The van der Waals surface area contributed by atoms with Gasteiger partial charge in [0.2, 0.25) is 5.91 Å². The molecule has 4 atom stereocenters. The molecule has 1 aromatic carbocycles. The third kappa shape index (κ3) is 2.78. The summed E-state index contributed by atoms with van der Waals surface area (Å²) in [5, 5.41) is 10.2. The number of carbonyl (C=O) groups excluding carboxylic acids is 3. The van der Waals surface area contributed by atoms with Gasteiger partial charge in [-0.3, -0.25) is 4.79 Å². The highest BCUT2D eigenvalue weighted by Crippen LogP contribution is 2.54. The van der Waals surface area contributed by atoms with Crippen LogP contribution in [0.15, 0.2) is 53.8 Å². The lowest BCUT2D eigenvalue weighted by Crippen LogP contribution is -2.48. The zero-order valence-corrected chi connectivity index (χ0v) is 16.3. The van der Waals surface area contributed by atoms with E-state index in [0.717, 1.165) is 0 Å². The number of hydrogen-bond donors (Lipinski definition) is 1. The second-order valence-electron chi connectivity index (χ2n) is 6.90. The zero-order valence-electron chi connectivity index (χ0n) is 16.3. The fraction of sp³-hybridized carbons (Fsp3) is 0.333. The topological polar surface area (TPSA) is 123 Å². The molecule has 3 rings (SSSR count). The molecule has 0 bridgehead atoms. The van der Waals surface area contributed by atoms with E-state index in [1.807, 2.05) is 0 Å². The molecule has 2 N–H and O–H groups in total. The van der Waals surface area contributed by atoms with Gasteiger partial charge >= 0.3 is 11.9 Å². The van der Waals surface area contributed by atoms with Crippen LogP contribution in [0.4, 0.5) is 0 Å². The third-order valence-corrected chi connectivity index (χ3v) is 5.69. The average molecular weight is 395 g/mol. The van der Waals surface area contributed by atoms with Gasteiger partial charge in [0.1, 0.15) is 6.04 Å². The zero-order chi connectivity index (χ0) is 21.3. The van der Waals surface area contributed by atoms with Gasteiger partial charge in [0.05, 0.1) is 31.9 Å². The number of ether oxygens (including phenoxy) is 2. The van der Waals surface area contributed by atoms with Gasteiger partial charge in [-0.25, -0.2) is 9.59 Å². The first-order valence-corrected chi connectivity index (χ1v) is 8.94. The lowest BCUT2D eigenvalue weighted by molar-refractivity contribution is -0.146. The van der Waals surface area contributed by atoms with Gasteiger partial charge < -0.3 is 20.1 Å². The van der Waals surface area contributed by atoms with E-state index in [4.69, 9.17) is 15.2 Å². The van der Waals surface area contributed by atoms with Crippen LogP contribution in [-0.4, -0.2) is 49.0 Å². The molecule has 0 aromatic heterocycles. The Bertz CT molecular complexity index is 962. The number of nitrogens with zero attached hydrogens (tertiary/aromatic N) is 2. The van der Waals surface area contributed by atoms with Crippen LogP contribution in [0, 0.1) is 16.7 Å². The summed E-state index contributed by atoms with van der Waals surface area (Å²) < 4.78 is 9.84. The van der Waals surface area contributed by atoms with Gasteiger partial charge in [-0.2, -0.15) is 5.26 Å². The smallest absolute Gasteiger partial charge is 0.339 e. The molecule has 0 unspecified atom stereocenters. The minimum Gasteiger partial charge on any atom is -0.467 e. The molecular weight excluding hydrogens is 374 g/mol. The summed E-state index contributed by atoms with van der Waals surface area (Å²) in [6, 6.07) is 8.97. The van der Waals surface area contributed by atoms with E-state index in [1.54, 1.807) is 48.2 Å². The van der Waals surface area contributed by atoms with Crippen LogP contribution in [0.3, 0.4) is 0 Å². The first kappa shape index (κ1) is 20.1. The summed E-state index contributed by atoms with van der Waals surface area (Å²) in [4.78, 5) is 39.4. The Morgan fingerprint density at radius 3 is 2.34 bits per heavy atom. The monoisotopic (exact) mass is 395 g/mol. The molecular formula is C21H21N3O5. The number of nitrogens with two attached hydrogens (primary N) is 1. The molecule has 2 aliphatic rings. The molecule has 1 aromatic rings. The van der Waals surface area contributed by atoms with Crippen molar-refractivity contribution in [3.63, 3.8) is 0 Å². The van der Waals surface area contributed by atoms with E-state index in [2.05, 4.69) is 6.07 Å². The van der Waals surface area contributed by atoms with Crippen molar-refractivity contribution >= 4 is 17.8 Å². The molecule has 2 aliphatic heterocycles. The van der Waals surface area contributed by atoms with E-state index in [1.165, 1.54) is 20.3 Å². The molecule has 0 saturated carbocycles. The first-order valence-electron chi connectivity index (χ1n) is 8.94. The molecule has 8 heteroatoms. The normalized spacial score (nSPS) is 27.8. The van der Waals surface area contributed by atoms with Crippen LogP contribution in [0.5, 0.6) is 0 Å². The maximum absolute atomic E-state index is 12.9. The van der Waals surface area contributed by atoms with E-state index in [0.29, 0.717) is 11.3 Å². The number of amides is 1. The van der Waals surface area contributed by atoms with E-state index in [9.17, 15) is 19.6 Å². The number of esters is 2. The lowest BCUT2D eigenvalue weighted by atomic mass is 9.68. The van der Waals surface area contributed by atoms with Crippen LogP contribution in [0.1, 0.15) is 18.4 Å². The van der Waals surface area contributed by atoms with Gasteiger partial charge in [-0.15, -0.1) is 0 Å². The van der Waals surface area contributed by atoms with E-state index >= 15 is 0 Å². The van der Waals surface area contributed by atoms with E-state index < -0.39 is 41.3 Å². The summed E-state index contributed by atoms with van der Waals surface area (Å²) in [6.07, 6.45) is 3.05. The number of fused-ring (bicyclic) bond motifs is 1. The molecule has 0 spiro atoms. The van der Waals surface area contributed by atoms with Gasteiger partial charge in [-0.05, 0) is 18.6 Å². The molecule has 1 amide bonds. The minimum absolute atomic E-state index is 0.225. The number of allylic oxidation sites excluding steroid dienone is 1. The highest BCUT2D eigenvalue weighted by atomic mass is 16.5. The van der Waals surface area contributed by atoms with Crippen molar-refractivity contribution in [3.05, 3.63) is 59.3 Å². The Kier molecular flexibility index (Phi) is 5.16. The molecule has 2 heterocycles. The standard InChI is InChI=1S/C21H21N3O5/c1-12-14(18(25)28-2)9-10-15-21(11-22,20(23)27)16(13-7-5-4-6-8-13)17(24(12)15)19(26)29-3/h4-10,15-17H,1-3H3,(H2,23,27)/t15-,16-,17+,21+/m0/s1. The van der Waals surface area contributed by atoms with Crippen LogP contribution in [-0.2, 0) is 23.9 Å². The Hall–Kier alpha value is -3.60. The third-order valence-electron chi connectivity index (χ3n) is 5.69. The van der Waals surface area contributed by atoms with Gasteiger partial charge in [0.15, 0.2) is 5.41 Å². The fourth-order valence-electron chi connectivity index (χ4n) is 4.39. The largest absolute Gasteiger partial charge is 0.467 e. The maximum atomic E-state index is 12.9. The van der Waals surface area contributed by atoms with Crippen molar-refractivity contribution in [2.75, 3.05) is 14.2 Å². The number of methoxy groups -OCH3 is 2. The molecule has 1 saturated heterocycles. The SMILES string of the molecule is COC(=O)C1=C(C)N2[C@@H](C=C1)[C@@](C#N)(C(N)=O)[C@@H](c1ccccc1)[C@@H]2C(=O)OC. The first-order chi connectivity index (χ1) is 13.8. The van der Waals surface area contributed by atoms with Crippen molar-refractivity contribution in [2.24, 2.45) is 11.1 Å². The van der Waals surface area contributed by atoms with Gasteiger partial charge in [-0.1, -0.05) is 36.4 Å². The van der Waals surface area contributed by atoms with Crippen molar-refractivity contribution in [1.82, 2.24) is 4.90 Å². The molecule has 8 nitrogen and oxygen atoms in total. The quantitative estimate of drug-likeness (QED) is 0.755. The van der Waals surface area contributed by atoms with Crippen molar-refractivity contribution in [2.45, 2.75) is 24.9 Å². The Morgan fingerprint density at radius 2 is 1.83 bits per heavy atom. The number of rotatable bonds is 4. The van der Waals surface area contributed by atoms with Crippen molar-refractivity contribution in [3.8, 4) is 6.07 Å². The molecule has 150 valence electrons. The van der Waals surface area contributed by atoms with Crippen molar-refractivity contribution in [1.29, 1.82) is 5.26 Å². The Labute approximate surface area is 168 Å². The number of nitriles is 1. The second kappa shape index (κ2) is 7.43. The summed E-state index contributed by atoms with van der Waals surface area (Å²) >= 11 is 0. The number of hydrogen-bond acceptors (Lipinski definition) is 7.